The molecule has 4 rings (SSSR count). The quantitative estimate of drug-likeness (QED) is 0.319. The molecule has 0 saturated carbocycles. The van der Waals surface area contributed by atoms with Crippen LogP contribution >= 0.6 is 0 Å². The molecule has 2 aliphatic rings. The molecule has 0 bridgehead atoms. The molecule has 162 valence electrons. The van der Waals surface area contributed by atoms with Gasteiger partial charge in [0, 0.05) is 36.5 Å². The van der Waals surface area contributed by atoms with Crippen molar-refractivity contribution < 1.29 is 44.9 Å². The van der Waals surface area contributed by atoms with E-state index in [4.69, 9.17) is 9.47 Å². The Morgan fingerprint density at radius 1 is 0.935 bits per heavy atom. The minimum atomic E-state index is -0.908. The first-order chi connectivity index (χ1) is 14.7. The highest BCUT2D eigenvalue weighted by Gasteiger charge is 2.40. The van der Waals surface area contributed by atoms with Crippen LogP contribution in [0.4, 0.5) is 0 Å². The van der Waals surface area contributed by atoms with Crippen LogP contribution in [0, 0.1) is 5.92 Å². The lowest BCUT2D eigenvalue weighted by Crippen LogP contribution is -2.45. The van der Waals surface area contributed by atoms with Crippen molar-refractivity contribution in [1.29, 1.82) is 0 Å². The van der Waals surface area contributed by atoms with Crippen molar-refractivity contribution in [3.63, 3.8) is 0 Å². The van der Waals surface area contributed by atoms with E-state index in [-0.39, 0.29) is 47.3 Å². The molecule has 6 N–H and O–H groups in total. The van der Waals surface area contributed by atoms with Gasteiger partial charge < -0.3 is 40.1 Å². The third-order valence-corrected chi connectivity index (χ3v) is 5.28. The van der Waals surface area contributed by atoms with Gasteiger partial charge >= 0.3 is 5.97 Å². The summed E-state index contributed by atoms with van der Waals surface area (Å²) in [6.07, 6.45) is 3.60. The molecule has 1 aliphatic carbocycles. The molecule has 0 radical (unpaired) electrons. The molecule has 1 aliphatic heterocycles. The number of phenolic OH excluding ortho intramolecular Hbond substituents is 5. The number of phenols is 5. The van der Waals surface area contributed by atoms with E-state index in [1.165, 1.54) is 12.1 Å². The molecule has 31 heavy (non-hydrogen) atoms. The van der Waals surface area contributed by atoms with E-state index in [0.29, 0.717) is 5.56 Å². The third kappa shape index (κ3) is 3.89. The second-order valence-corrected chi connectivity index (χ2v) is 7.45. The molecule has 0 aromatic heterocycles. The Labute approximate surface area is 176 Å². The fourth-order valence-electron chi connectivity index (χ4n) is 3.78. The molecule has 0 fully saturated rings. The molecule has 3 atom stereocenters. The number of esters is 1. The highest BCUT2D eigenvalue weighted by molar-refractivity contribution is 5.91. The highest BCUT2D eigenvalue weighted by atomic mass is 16.6. The lowest BCUT2D eigenvalue weighted by Gasteiger charge is -2.37. The Bertz CT molecular complexity index is 1080. The number of carbonyl (C=O) groups is 1. The number of aliphatic hydroxyl groups excluding tert-OH is 1. The van der Waals surface area contributed by atoms with Crippen molar-refractivity contribution in [1.82, 2.24) is 0 Å². The van der Waals surface area contributed by atoms with E-state index in [1.807, 2.05) is 0 Å². The van der Waals surface area contributed by atoms with Gasteiger partial charge in [-0.3, -0.25) is 0 Å². The molecule has 9 heteroatoms. The van der Waals surface area contributed by atoms with Crippen LogP contribution in [0.5, 0.6) is 34.5 Å². The minimum Gasteiger partial charge on any atom is -0.512 e. The van der Waals surface area contributed by atoms with Gasteiger partial charge in [-0.25, -0.2) is 4.79 Å². The monoisotopic (exact) mass is 428 g/mol. The Balaban J connectivity index is 1.66. The van der Waals surface area contributed by atoms with E-state index in [2.05, 4.69) is 0 Å². The van der Waals surface area contributed by atoms with E-state index >= 15 is 0 Å². The van der Waals surface area contributed by atoms with Crippen LogP contribution in [0.1, 0.15) is 22.3 Å². The van der Waals surface area contributed by atoms with E-state index in [1.54, 1.807) is 12.2 Å². The molecule has 0 saturated heterocycles. The number of hydrogen-bond donors (Lipinski definition) is 6. The van der Waals surface area contributed by atoms with Gasteiger partial charge in [0.15, 0.2) is 17.2 Å². The lowest BCUT2D eigenvalue weighted by molar-refractivity contribution is -0.0323. The number of aromatic hydroxyl groups is 5. The summed E-state index contributed by atoms with van der Waals surface area (Å²) in [6.45, 7) is 0. The number of benzene rings is 2. The molecule has 0 spiro atoms. The average molecular weight is 428 g/mol. The first-order valence-corrected chi connectivity index (χ1v) is 9.46. The zero-order valence-corrected chi connectivity index (χ0v) is 16.1. The maximum Gasteiger partial charge on any atom is 0.338 e. The Hall–Kier alpha value is -4.01. The minimum absolute atomic E-state index is 0.0583. The predicted octanol–water partition coefficient (Wildman–Crippen LogP) is 2.76. The number of rotatable bonds is 3. The summed E-state index contributed by atoms with van der Waals surface area (Å²) in [4.78, 5) is 12.7. The first kappa shape index (κ1) is 20.3. The zero-order chi connectivity index (χ0) is 22.3. The molecular weight excluding hydrogens is 408 g/mol. The number of hydrogen-bond acceptors (Lipinski definition) is 9. The fraction of sp³-hybridized carbons (Fsp3) is 0.227. The maximum atomic E-state index is 12.7. The second kappa shape index (κ2) is 7.67. The molecule has 1 unspecified atom stereocenters. The van der Waals surface area contributed by atoms with Crippen molar-refractivity contribution in [3.8, 4) is 34.5 Å². The van der Waals surface area contributed by atoms with Gasteiger partial charge in [-0.1, -0.05) is 12.2 Å². The number of allylic oxidation sites excluding steroid dienone is 3. The molecule has 1 heterocycles. The smallest absolute Gasteiger partial charge is 0.338 e. The SMILES string of the molecule is O=C(O[C@@H]1Cc2c(O)cc(O)cc2OC1[C@@H]1C=CC=C(O)C1)c1cc(O)c(O)c(O)c1. The number of fused-ring (bicyclic) bond motifs is 1. The van der Waals surface area contributed by atoms with E-state index in [9.17, 15) is 35.4 Å². The standard InChI is InChI=1S/C22H20O9/c23-12-3-1-2-10(4-12)21-19(9-14-15(25)7-13(24)8-18(14)30-21)31-22(29)11-5-16(26)20(28)17(27)6-11/h1-3,5-8,10,19,21,23-28H,4,9H2/t10-,19-,21?/m1/s1. The summed E-state index contributed by atoms with van der Waals surface area (Å²) in [5.74, 6) is -3.47. The van der Waals surface area contributed by atoms with Gasteiger partial charge in [0.2, 0.25) is 0 Å². The highest BCUT2D eigenvalue weighted by Crippen LogP contribution is 2.42. The summed E-state index contributed by atoms with van der Waals surface area (Å²) in [5, 5.41) is 58.7. The molecule has 2 aromatic rings. The van der Waals surface area contributed by atoms with Crippen molar-refractivity contribution in [2.45, 2.75) is 25.0 Å². The van der Waals surface area contributed by atoms with Crippen LogP contribution in [0.3, 0.4) is 0 Å². The van der Waals surface area contributed by atoms with Crippen LogP contribution in [0.2, 0.25) is 0 Å². The van der Waals surface area contributed by atoms with Crippen LogP contribution in [-0.2, 0) is 11.2 Å². The Kier molecular flexibility index (Phi) is 5.02. The zero-order valence-electron chi connectivity index (χ0n) is 16.1. The first-order valence-electron chi connectivity index (χ1n) is 9.46. The molecule has 9 nitrogen and oxygen atoms in total. The predicted molar refractivity (Wildman–Crippen MR) is 106 cm³/mol. The van der Waals surface area contributed by atoms with Crippen molar-refractivity contribution >= 4 is 5.97 Å². The van der Waals surface area contributed by atoms with Crippen molar-refractivity contribution in [2.24, 2.45) is 5.92 Å². The van der Waals surface area contributed by atoms with Gasteiger partial charge in [0.25, 0.3) is 0 Å². The summed E-state index contributed by atoms with van der Waals surface area (Å²) < 4.78 is 11.6. The third-order valence-electron chi connectivity index (χ3n) is 5.28. The lowest BCUT2D eigenvalue weighted by atomic mass is 9.86. The number of carbonyl (C=O) groups excluding carboxylic acids is 1. The topological polar surface area (TPSA) is 157 Å². The van der Waals surface area contributed by atoms with Gasteiger partial charge in [-0.2, -0.15) is 0 Å². The Morgan fingerprint density at radius 2 is 1.65 bits per heavy atom. The van der Waals surface area contributed by atoms with Crippen molar-refractivity contribution in [2.75, 3.05) is 0 Å². The second-order valence-electron chi connectivity index (χ2n) is 7.45. The summed E-state index contributed by atoms with van der Waals surface area (Å²) >= 11 is 0. The van der Waals surface area contributed by atoms with Gasteiger partial charge in [-0.15, -0.1) is 0 Å². The van der Waals surface area contributed by atoms with E-state index in [0.717, 1.165) is 18.2 Å². The van der Waals surface area contributed by atoms with Gasteiger partial charge in [-0.05, 0) is 18.2 Å². The number of aliphatic hydroxyl groups is 1. The summed E-state index contributed by atoms with van der Waals surface area (Å²) in [6, 6.07) is 4.40. The van der Waals surface area contributed by atoms with E-state index < -0.39 is 35.4 Å². The molecular formula is C22H20O9. The van der Waals surface area contributed by atoms with Crippen LogP contribution in [0.15, 0.2) is 48.3 Å². The maximum absolute atomic E-state index is 12.7. The van der Waals surface area contributed by atoms with Gasteiger partial charge in [0.05, 0.1) is 11.3 Å². The number of ether oxygens (including phenoxy) is 2. The van der Waals surface area contributed by atoms with Crippen LogP contribution in [-0.4, -0.2) is 48.8 Å². The van der Waals surface area contributed by atoms with Gasteiger partial charge in [0.1, 0.15) is 29.5 Å². The fourth-order valence-corrected chi connectivity index (χ4v) is 3.78. The van der Waals surface area contributed by atoms with Crippen molar-refractivity contribution in [3.05, 3.63) is 59.4 Å². The molecule has 2 aromatic carbocycles. The average Bonchev–Trinajstić information content (AvgIpc) is 2.71. The largest absolute Gasteiger partial charge is 0.512 e. The van der Waals surface area contributed by atoms with Crippen LogP contribution in [0.25, 0.3) is 0 Å². The Morgan fingerprint density at radius 3 is 2.32 bits per heavy atom. The van der Waals surface area contributed by atoms with Crippen LogP contribution < -0.4 is 4.74 Å². The summed E-state index contributed by atoms with van der Waals surface area (Å²) in [5.41, 5.74) is 0.136. The normalized spacial score (nSPS) is 22.2. The summed E-state index contributed by atoms with van der Waals surface area (Å²) in [7, 11) is 0. The molecule has 0 amide bonds.